The van der Waals surface area contributed by atoms with Gasteiger partial charge >= 0.3 is 5.97 Å². The van der Waals surface area contributed by atoms with E-state index in [1.54, 1.807) is 0 Å². The van der Waals surface area contributed by atoms with Gasteiger partial charge in [0.05, 0.1) is 50.1 Å². The molecular weight excluding hydrogens is 450 g/mol. The van der Waals surface area contributed by atoms with E-state index in [2.05, 4.69) is 9.89 Å². The zero-order chi connectivity index (χ0) is 24.6. The third-order valence-corrected chi connectivity index (χ3v) is 4.62. The Kier molecular flexibility index (Phi) is 5.67. The first-order valence-electron chi connectivity index (χ1n) is 8.74. The lowest BCUT2D eigenvalue weighted by atomic mass is 10.0. The van der Waals surface area contributed by atoms with Crippen molar-refractivity contribution in [2.45, 2.75) is 13.0 Å². The molecule has 0 unspecified atom stereocenters. The second-order valence-corrected chi connectivity index (χ2v) is 6.51. The summed E-state index contributed by atoms with van der Waals surface area (Å²) in [5.74, 6) is -0.868. The monoisotopic (exact) mass is 461 g/mol. The lowest BCUT2D eigenvalue weighted by Gasteiger charge is -2.08. The van der Waals surface area contributed by atoms with Crippen molar-refractivity contribution in [3.8, 4) is 11.1 Å². The van der Waals surface area contributed by atoms with Crippen LogP contribution in [0.2, 0.25) is 0 Å². The molecule has 1 aliphatic carbocycles. The molecule has 0 radical (unpaired) electrons. The molecule has 1 atom stereocenters. The number of benzene rings is 2. The third kappa shape index (κ3) is 3.87. The number of oxime groups is 1. The van der Waals surface area contributed by atoms with E-state index in [-0.39, 0.29) is 11.1 Å². The molecule has 0 saturated heterocycles. The van der Waals surface area contributed by atoms with Crippen molar-refractivity contribution in [3.63, 3.8) is 0 Å². The molecule has 0 spiro atoms. The van der Waals surface area contributed by atoms with E-state index in [0.717, 1.165) is 19.2 Å². The quantitative estimate of drug-likeness (QED) is 0.282. The second-order valence-electron chi connectivity index (χ2n) is 6.51. The number of nitrogens with zero attached hydrogens (tertiary/aromatic N) is 5. The van der Waals surface area contributed by atoms with Gasteiger partial charge in [0.25, 0.3) is 22.7 Å². The predicted octanol–water partition coefficient (Wildman–Crippen LogP) is 2.63. The minimum Gasteiger partial charge on any atom is -0.466 e. The Labute approximate surface area is 181 Å². The molecule has 170 valence electrons. The molecule has 33 heavy (non-hydrogen) atoms. The van der Waals surface area contributed by atoms with Crippen LogP contribution in [0.4, 0.5) is 22.7 Å². The predicted molar refractivity (Wildman–Crippen MR) is 107 cm³/mol. The smallest absolute Gasteiger partial charge is 0.349 e. The van der Waals surface area contributed by atoms with Gasteiger partial charge in [0, 0.05) is 23.3 Å². The zero-order valence-corrected chi connectivity index (χ0v) is 16.6. The Morgan fingerprint density at radius 1 is 0.818 bits per heavy atom. The van der Waals surface area contributed by atoms with Crippen molar-refractivity contribution >= 4 is 34.4 Å². The van der Waals surface area contributed by atoms with Crippen LogP contribution in [0.3, 0.4) is 0 Å². The van der Waals surface area contributed by atoms with Crippen molar-refractivity contribution in [1.82, 2.24) is 0 Å². The van der Waals surface area contributed by atoms with Crippen LogP contribution in [0.25, 0.3) is 11.1 Å². The average Bonchev–Trinajstić information content (AvgIpc) is 3.08. The summed E-state index contributed by atoms with van der Waals surface area (Å²) in [7, 11) is 1.06. The van der Waals surface area contributed by atoms with Crippen LogP contribution >= 0.6 is 0 Å². The standard InChI is InChI=1S/C17H11N5O11/c1-7(17(23)32-2)33-18-16-10-3-8(19(24)25)5-12(21(28)29)14(10)15-11(16)4-9(20(26)27)6-13(15)22(30)31/h3-7H,1-2H3/t7-/m1/s1. The van der Waals surface area contributed by atoms with E-state index in [9.17, 15) is 45.3 Å². The van der Waals surface area contributed by atoms with Crippen LogP contribution in [-0.2, 0) is 14.4 Å². The molecule has 2 aromatic rings. The highest BCUT2D eigenvalue weighted by atomic mass is 16.7. The van der Waals surface area contributed by atoms with E-state index < -0.39 is 71.4 Å². The first-order valence-corrected chi connectivity index (χ1v) is 8.74. The SMILES string of the molecule is COC(=O)[C@@H](C)ON=C1c2cc([N+](=O)[O-])cc([N+](=O)[O-])c2-c2c1cc([N+](=O)[O-])cc2[N+](=O)[O-]. The summed E-state index contributed by atoms with van der Waals surface area (Å²) in [6.45, 7) is 1.23. The number of rotatable bonds is 7. The number of hydrogen-bond donors (Lipinski definition) is 0. The number of methoxy groups -OCH3 is 1. The van der Waals surface area contributed by atoms with Gasteiger partial charge in [0.2, 0.25) is 6.10 Å². The molecule has 0 bridgehead atoms. The lowest BCUT2D eigenvalue weighted by molar-refractivity contribution is -0.395. The number of nitro benzene ring substituents is 4. The topological polar surface area (TPSA) is 220 Å². The summed E-state index contributed by atoms with van der Waals surface area (Å²) in [4.78, 5) is 58.8. The van der Waals surface area contributed by atoms with Crippen molar-refractivity contribution in [2.24, 2.45) is 5.16 Å². The van der Waals surface area contributed by atoms with E-state index >= 15 is 0 Å². The fourth-order valence-corrected chi connectivity index (χ4v) is 3.21. The van der Waals surface area contributed by atoms with Crippen molar-refractivity contribution in [2.75, 3.05) is 7.11 Å². The van der Waals surface area contributed by atoms with Gasteiger partial charge in [-0.3, -0.25) is 40.5 Å². The van der Waals surface area contributed by atoms with E-state index in [1.165, 1.54) is 6.92 Å². The summed E-state index contributed by atoms with van der Waals surface area (Å²) in [5.41, 5.74) is -5.04. The average molecular weight is 461 g/mol. The summed E-state index contributed by atoms with van der Waals surface area (Å²) in [6, 6.07) is 2.94. The number of non-ortho nitro benzene ring substituents is 2. The lowest BCUT2D eigenvalue weighted by Crippen LogP contribution is -2.20. The molecule has 3 rings (SSSR count). The minimum atomic E-state index is -1.31. The number of nitro groups is 4. The van der Waals surface area contributed by atoms with Gasteiger partial charge in [-0.25, -0.2) is 4.79 Å². The molecule has 16 heteroatoms. The summed E-state index contributed by atoms with van der Waals surface area (Å²) in [5, 5.41) is 49.7. The second kappa shape index (κ2) is 8.25. The van der Waals surface area contributed by atoms with Gasteiger partial charge in [-0.05, 0) is 6.92 Å². The third-order valence-electron chi connectivity index (χ3n) is 4.62. The Morgan fingerprint density at radius 3 is 1.58 bits per heavy atom. The highest BCUT2D eigenvalue weighted by Crippen LogP contribution is 2.50. The molecule has 0 heterocycles. The molecule has 0 N–H and O–H groups in total. The highest BCUT2D eigenvalue weighted by Gasteiger charge is 2.41. The zero-order valence-electron chi connectivity index (χ0n) is 16.6. The fourth-order valence-electron chi connectivity index (χ4n) is 3.21. The summed E-state index contributed by atoms with van der Waals surface area (Å²) in [6.07, 6.45) is -1.31. The van der Waals surface area contributed by atoms with Crippen molar-refractivity contribution in [3.05, 3.63) is 75.8 Å². The molecule has 0 amide bonds. The molecule has 0 aromatic heterocycles. The van der Waals surface area contributed by atoms with E-state index in [1.807, 2.05) is 0 Å². The number of esters is 1. The van der Waals surface area contributed by atoms with Gasteiger partial charge in [-0.2, -0.15) is 0 Å². The van der Waals surface area contributed by atoms with Gasteiger partial charge < -0.3 is 9.57 Å². The van der Waals surface area contributed by atoms with Crippen LogP contribution < -0.4 is 0 Å². The fraction of sp³-hybridized carbons (Fsp3) is 0.176. The van der Waals surface area contributed by atoms with Gasteiger partial charge in [0.1, 0.15) is 5.71 Å². The molecule has 0 saturated carbocycles. The Morgan fingerprint density at radius 2 is 1.24 bits per heavy atom. The molecule has 0 aliphatic heterocycles. The maximum atomic E-state index is 11.7. The van der Waals surface area contributed by atoms with Crippen molar-refractivity contribution in [1.29, 1.82) is 0 Å². The number of carbonyl (C=O) groups is 1. The molecule has 16 nitrogen and oxygen atoms in total. The van der Waals surface area contributed by atoms with E-state index in [0.29, 0.717) is 12.1 Å². The van der Waals surface area contributed by atoms with Crippen LogP contribution in [0, 0.1) is 40.5 Å². The Balaban J connectivity index is 2.44. The van der Waals surface area contributed by atoms with Gasteiger partial charge in [-0.1, -0.05) is 5.16 Å². The Hall–Kier alpha value is -5.02. The number of carbonyl (C=O) groups excluding carboxylic acids is 1. The number of fused-ring (bicyclic) bond motifs is 3. The number of ether oxygens (including phenoxy) is 1. The minimum absolute atomic E-state index is 0.313. The Bertz CT molecular complexity index is 1200. The van der Waals surface area contributed by atoms with Crippen LogP contribution in [0.1, 0.15) is 18.1 Å². The number of hydrogen-bond acceptors (Lipinski definition) is 12. The molecule has 0 fully saturated rings. The van der Waals surface area contributed by atoms with Crippen LogP contribution in [0.15, 0.2) is 29.4 Å². The first kappa shape index (κ1) is 22.7. The van der Waals surface area contributed by atoms with Gasteiger partial charge in [-0.15, -0.1) is 0 Å². The summed E-state index contributed by atoms with van der Waals surface area (Å²) >= 11 is 0. The summed E-state index contributed by atoms with van der Waals surface area (Å²) < 4.78 is 4.48. The maximum Gasteiger partial charge on any atom is 0.349 e. The largest absolute Gasteiger partial charge is 0.466 e. The van der Waals surface area contributed by atoms with Gasteiger partial charge in [0.15, 0.2) is 0 Å². The first-order chi connectivity index (χ1) is 15.5. The molecule has 2 aromatic carbocycles. The highest BCUT2D eigenvalue weighted by molar-refractivity contribution is 6.27. The maximum absolute atomic E-state index is 11.7. The van der Waals surface area contributed by atoms with Crippen LogP contribution in [-0.4, -0.2) is 44.6 Å². The van der Waals surface area contributed by atoms with Crippen molar-refractivity contribution < 1.29 is 34.1 Å². The molecular formula is C17H11N5O11. The van der Waals surface area contributed by atoms with E-state index in [4.69, 9.17) is 4.84 Å². The van der Waals surface area contributed by atoms with Crippen LogP contribution in [0.5, 0.6) is 0 Å². The molecule has 1 aliphatic rings. The normalized spacial score (nSPS) is 12.2.